The highest BCUT2D eigenvalue weighted by atomic mass is 127. The molecule has 0 N–H and O–H groups in total. The van der Waals surface area contributed by atoms with Crippen LogP contribution in [-0.2, 0) is 4.74 Å². The van der Waals surface area contributed by atoms with Crippen molar-refractivity contribution in [3.63, 3.8) is 0 Å². The van der Waals surface area contributed by atoms with E-state index in [2.05, 4.69) is 9.85 Å². The summed E-state index contributed by atoms with van der Waals surface area (Å²) in [5.41, 5.74) is 0.468. The number of hydrogen-bond donors (Lipinski definition) is 0. The van der Waals surface area contributed by atoms with Gasteiger partial charge in [-0.05, 0) is 23.0 Å². The second-order valence-electron chi connectivity index (χ2n) is 3.33. The van der Waals surface area contributed by atoms with Gasteiger partial charge in [0.15, 0.2) is 0 Å². The Labute approximate surface area is 124 Å². The highest BCUT2D eigenvalue weighted by Crippen LogP contribution is 2.19. The van der Waals surface area contributed by atoms with Gasteiger partial charge in [0.25, 0.3) is 5.69 Å². The molecule has 1 aromatic rings. The normalized spacial score (nSPS) is 9.16. The average molecular weight is 374 g/mol. The van der Waals surface area contributed by atoms with Gasteiger partial charge in [-0.15, -0.1) is 0 Å². The zero-order chi connectivity index (χ0) is 14.3. The molecule has 100 valence electrons. The van der Waals surface area contributed by atoms with Crippen molar-refractivity contribution in [3.8, 4) is 9.85 Å². The molecule has 1 rings (SSSR count). The standard InChI is InChI=1S/C12H11IN2O4/c1-2-19-12(16)14(9-3-8-13)10-4-6-11(7-5-10)15(17)18/h4-7H,2,9H2,1H3. The van der Waals surface area contributed by atoms with Gasteiger partial charge in [-0.25, -0.2) is 4.79 Å². The third kappa shape index (κ3) is 4.40. The third-order valence-corrected chi connectivity index (χ3v) is 2.55. The van der Waals surface area contributed by atoms with E-state index in [9.17, 15) is 14.9 Å². The van der Waals surface area contributed by atoms with E-state index in [4.69, 9.17) is 4.74 Å². The molecular weight excluding hydrogens is 363 g/mol. The predicted octanol–water partition coefficient (Wildman–Crippen LogP) is 2.95. The molecule has 0 aliphatic heterocycles. The summed E-state index contributed by atoms with van der Waals surface area (Å²) in [5.74, 6) is 2.75. The highest BCUT2D eigenvalue weighted by molar-refractivity contribution is 14.1. The molecule has 0 unspecified atom stereocenters. The van der Waals surface area contributed by atoms with Crippen LogP contribution < -0.4 is 4.90 Å². The summed E-state index contributed by atoms with van der Waals surface area (Å²) in [6.45, 7) is 2.12. The molecular formula is C12H11IN2O4. The minimum absolute atomic E-state index is 0.0347. The predicted molar refractivity (Wildman–Crippen MR) is 79.3 cm³/mol. The lowest BCUT2D eigenvalue weighted by Crippen LogP contribution is -2.31. The second-order valence-corrected chi connectivity index (χ2v) is 3.87. The lowest BCUT2D eigenvalue weighted by molar-refractivity contribution is -0.384. The summed E-state index contributed by atoms with van der Waals surface area (Å²) in [6.07, 6.45) is -0.532. The Morgan fingerprint density at radius 3 is 2.58 bits per heavy atom. The summed E-state index contributed by atoms with van der Waals surface area (Å²) in [5, 5.41) is 10.6. The summed E-state index contributed by atoms with van der Waals surface area (Å²) in [6, 6.07) is 5.64. The monoisotopic (exact) mass is 374 g/mol. The maximum atomic E-state index is 11.8. The number of carbonyl (C=O) groups is 1. The largest absolute Gasteiger partial charge is 0.449 e. The smallest absolute Gasteiger partial charge is 0.415 e. The molecule has 0 saturated heterocycles. The maximum absolute atomic E-state index is 11.8. The number of ether oxygens (including phenoxy) is 1. The topological polar surface area (TPSA) is 72.7 Å². The van der Waals surface area contributed by atoms with E-state index in [1.165, 1.54) is 29.2 Å². The van der Waals surface area contributed by atoms with E-state index in [-0.39, 0.29) is 18.8 Å². The molecule has 1 aromatic carbocycles. The molecule has 0 bridgehead atoms. The SMILES string of the molecule is CCOC(=O)N(CC#CI)c1ccc([N+](=O)[O-])cc1. The average Bonchev–Trinajstić information content (AvgIpc) is 2.40. The molecule has 0 atom stereocenters. The number of non-ortho nitro benzene ring substituents is 1. The third-order valence-electron chi connectivity index (χ3n) is 2.16. The van der Waals surface area contributed by atoms with Crippen molar-refractivity contribution < 1.29 is 14.5 Å². The number of rotatable bonds is 4. The maximum Gasteiger partial charge on any atom is 0.415 e. The van der Waals surface area contributed by atoms with E-state index in [0.717, 1.165) is 0 Å². The van der Waals surface area contributed by atoms with Crippen LogP contribution in [0.5, 0.6) is 0 Å². The Balaban J connectivity index is 2.98. The van der Waals surface area contributed by atoms with Gasteiger partial charge in [0.05, 0.1) is 18.1 Å². The molecule has 1 amide bonds. The number of nitrogens with zero attached hydrogens (tertiary/aromatic N) is 2. The number of nitro benzene ring substituents is 1. The molecule has 0 spiro atoms. The zero-order valence-electron chi connectivity index (χ0n) is 10.1. The number of amides is 1. The van der Waals surface area contributed by atoms with Gasteiger partial charge in [-0.3, -0.25) is 15.0 Å². The summed E-state index contributed by atoms with van der Waals surface area (Å²) in [4.78, 5) is 23.2. The van der Waals surface area contributed by atoms with Crippen LogP contribution in [-0.4, -0.2) is 24.2 Å². The van der Waals surface area contributed by atoms with Gasteiger partial charge in [0, 0.05) is 40.4 Å². The fourth-order valence-corrected chi connectivity index (χ4v) is 1.50. The summed E-state index contributed by atoms with van der Waals surface area (Å²) in [7, 11) is 0. The van der Waals surface area contributed by atoms with E-state index >= 15 is 0 Å². The Kier molecular flexibility index (Phi) is 6.08. The Bertz CT molecular complexity index is 519. The van der Waals surface area contributed by atoms with Crippen molar-refractivity contribution >= 4 is 40.1 Å². The molecule has 0 aliphatic rings. The first kappa shape index (κ1) is 15.2. The van der Waals surface area contributed by atoms with Crippen LogP contribution in [0, 0.1) is 20.0 Å². The number of halogens is 1. The molecule has 19 heavy (non-hydrogen) atoms. The molecule has 0 radical (unpaired) electrons. The molecule has 0 fully saturated rings. The number of benzene rings is 1. The first-order valence-electron chi connectivity index (χ1n) is 5.37. The fourth-order valence-electron chi connectivity index (χ4n) is 1.33. The van der Waals surface area contributed by atoms with E-state index in [1.54, 1.807) is 6.92 Å². The van der Waals surface area contributed by atoms with Crippen molar-refractivity contribution in [2.24, 2.45) is 0 Å². The number of anilines is 1. The van der Waals surface area contributed by atoms with Crippen molar-refractivity contribution in [2.45, 2.75) is 6.92 Å². The molecule has 7 heteroatoms. The van der Waals surface area contributed by atoms with Crippen molar-refractivity contribution in [2.75, 3.05) is 18.1 Å². The van der Waals surface area contributed by atoms with Crippen LogP contribution in [0.3, 0.4) is 0 Å². The molecule has 0 heterocycles. The Morgan fingerprint density at radius 1 is 1.47 bits per heavy atom. The first-order valence-corrected chi connectivity index (χ1v) is 6.45. The van der Waals surface area contributed by atoms with Crippen molar-refractivity contribution in [1.82, 2.24) is 0 Å². The number of nitro groups is 1. The lowest BCUT2D eigenvalue weighted by atomic mass is 10.2. The molecule has 0 saturated carbocycles. The van der Waals surface area contributed by atoms with Crippen LogP contribution in [0.4, 0.5) is 16.2 Å². The van der Waals surface area contributed by atoms with E-state index in [1.807, 2.05) is 22.6 Å². The van der Waals surface area contributed by atoms with Crippen LogP contribution >= 0.6 is 22.6 Å². The summed E-state index contributed by atoms with van der Waals surface area (Å²) >= 11 is 1.87. The highest BCUT2D eigenvalue weighted by Gasteiger charge is 2.16. The van der Waals surface area contributed by atoms with E-state index in [0.29, 0.717) is 5.69 Å². The van der Waals surface area contributed by atoms with Crippen LogP contribution in [0.2, 0.25) is 0 Å². The van der Waals surface area contributed by atoms with Gasteiger partial charge in [0.2, 0.25) is 0 Å². The molecule has 6 nitrogen and oxygen atoms in total. The fraction of sp³-hybridized carbons (Fsp3) is 0.250. The van der Waals surface area contributed by atoms with Crippen LogP contribution in [0.25, 0.3) is 0 Å². The van der Waals surface area contributed by atoms with Crippen LogP contribution in [0.15, 0.2) is 24.3 Å². The van der Waals surface area contributed by atoms with Gasteiger partial charge in [-0.2, -0.15) is 0 Å². The second kappa shape index (κ2) is 7.58. The lowest BCUT2D eigenvalue weighted by Gasteiger charge is -2.19. The molecule has 0 aromatic heterocycles. The Hall–Kier alpha value is -1.82. The summed E-state index contributed by atoms with van der Waals surface area (Å²) < 4.78 is 7.57. The Morgan fingerprint density at radius 2 is 2.11 bits per heavy atom. The minimum Gasteiger partial charge on any atom is -0.449 e. The van der Waals surface area contributed by atoms with Gasteiger partial charge >= 0.3 is 6.09 Å². The van der Waals surface area contributed by atoms with Crippen LogP contribution in [0.1, 0.15) is 6.92 Å². The minimum atomic E-state index is -0.532. The quantitative estimate of drug-likeness (QED) is 0.352. The van der Waals surface area contributed by atoms with Gasteiger partial charge < -0.3 is 4.74 Å². The van der Waals surface area contributed by atoms with Crippen molar-refractivity contribution in [1.29, 1.82) is 0 Å². The van der Waals surface area contributed by atoms with Crippen molar-refractivity contribution in [3.05, 3.63) is 34.4 Å². The number of hydrogen-bond acceptors (Lipinski definition) is 4. The van der Waals surface area contributed by atoms with Gasteiger partial charge in [-0.1, -0.05) is 5.92 Å². The first-order chi connectivity index (χ1) is 9.10. The van der Waals surface area contributed by atoms with Gasteiger partial charge in [0.1, 0.15) is 0 Å². The number of carbonyl (C=O) groups excluding carboxylic acids is 1. The van der Waals surface area contributed by atoms with E-state index < -0.39 is 11.0 Å². The zero-order valence-corrected chi connectivity index (χ0v) is 12.3. The molecule has 0 aliphatic carbocycles.